The van der Waals surface area contributed by atoms with Crippen LogP contribution in [0, 0.1) is 5.92 Å². The molecule has 1 heterocycles. The SMILES string of the molecule is CN(C)c1ccc(/C=C/C(=O)NCC2CCCOC2)cc1. The van der Waals surface area contributed by atoms with Crippen LogP contribution >= 0.6 is 0 Å². The van der Waals surface area contributed by atoms with Crippen molar-refractivity contribution in [2.24, 2.45) is 5.92 Å². The number of rotatable bonds is 5. The van der Waals surface area contributed by atoms with E-state index >= 15 is 0 Å². The molecule has 0 aliphatic carbocycles. The minimum Gasteiger partial charge on any atom is -0.381 e. The van der Waals surface area contributed by atoms with Gasteiger partial charge in [-0.3, -0.25) is 4.79 Å². The van der Waals surface area contributed by atoms with Crippen LogP contribution in [0.15, 0.2) is 30.3 Å². The standard InChI is InChI=1S/C17H24N2O2/c1-19(2)16-8-5-14(6-9-16)7-10-17(20)18-12-15-4-3-11-21-13-15/h5-10,15H,3-4,11-13H2,1-2H3,(H,18,20)/b10-7+. The first-order chi connectivity index (χ1) is 10.1. The summed E-state index contributed by atoms with van der Waals surface area (Å²) in [7, 11) is 4.01. The van der Waals surface area contributed by atoms with Gasteiger partial charge in [0, 0.05) is 39.0 Å². The van der Waals surface area contributed by atoms with E-state index < -0.39 is 0 Å². The van der Waals surface area contributed by atoms with Crippen LogP contribution in [0.4, 0.5) is 5.69 Å². The van der Waals surface area contributed by atoms with Gasteiger partial charge in [0.15, 0.2) is 0 Å². The van der Waals surface area contributed by atoms with Gasteiger partial charge in [-0.2, -0.15) is 0 Å². The fourth-order valence-corrected chi connectivity index (χ4v) is 2.33. The highest BCUT2D eigenvalue weighted by atomic mass is 16.5. The van der Waals surface area contributed by atoms with Crippen molar-refractivity contribution in [1.82, 2.24) is 5.32 Å². The van der Waals surface area contributed by atoms with Crippen LogP contribution in [0.25, 0.3) is 6.08 Å². The average Bonchev–Trinajstić information content (AvgIpc) is 2.52. The summed E-state index contributed by atoms with van der Waals surface area (Å²) in [6, 6.07) is 8.09. The molecule has 1 aliphatic heterocycles. The predicted octanol–water partition coefficient (Wildman–Crippen LogP) is 2.31. The first kappa shape index (κ1) is 15.6. The molecule has 0 bridgehead atoms. The summed E-state index contributed by atoms with van der Waals surface area (Å²) < 4.78 is 5.40. The van der Waals surface area contributed by atoms with Crippen LogP contribution in [0.5, 0.6) is 0 Å². The molecule has 4 nitrogen and oxygen atoms in total. The summed E-state index contributed by atoms with van der Waals surface area (Å²) in [4.78, 5) is 13.8. The maximum Gasteiger partial charge on any atom is 0.244 e. The van der Waals surface area contributed by atoms with Gasteiger partial charge in [0.2, 0.25) is 5.91 Å². The molecule has 1 aliphatic rings. The molecule has 1 fully saturated rings. The number of nitrogens with zero attached hydrogens (tertiary/aromatic N) is 1. The highest BCUT2D eigenvalue weighted by Crippen LogP contribution is 2.13. The molecular formula is C17H24N2O2. The monoisotopic (exact) mass is 288 g/mol. The van der Waals surface area contributed by atoms with Gasteiger partial charge in [-0.1, -0.05) is 12.1 Å². The van der Waals surface area contributed by atoms with Crippen molar-refractivity contribution >= 4 is 17.7 Å². The lowest BCUT2D eigenvalue weighted by atomic mass is 10.0. The lowest BCUT2D eigenvalue weighted by Crippen LogP contribution is -2.32. The van der Waals surface area contributed by atoms with Crippen molar-refractivity contribution in [2.45, 2.75) is 12.8 Å². The van der Waals surface area contributed by atoms with E-state index in [1.54, 1.807) is 6.08 Å². The van der Waals surface area contributed by atoms with Crippen LogP contribution in [0.2, 0.25) is 0 Å². The molecule has 21 heavy (non-hydrogen) atoms. The van der Waals surface area contributed by atoms with E-state index in [4.69, 9.17) is 4.74 Å². The number of ether oxygens (including phenoxy) is 1. The number of carbonyl (C=O) groups is 1. The number of nitrogens with one attached hydrogen (secondary N) is 1. The molecule has 0 spiro atoms. The lowest BCUT2D eigenvalue weighted by Gasteiger charge is -2.21. The van der Waals surface area contributed by atoms with Gasteiger partial charge >= 0.3 is 0 Å². The Kier molecular flexibility index (Phi) is 5.81. The molecule has 1 amide bonds. The zero-order chi connectivity index (χ0) is 15.1. The van der Waals surface area contributed by atoms with Crippen molar-refractivity contribution in [2.75, 3.05) is 38.8 Å². The average molecular weight is 288 g/mol. The summed E-state index contributed by atoms with van der Waals surface area (Å²) in [5, 5.41) is 2.94. The van der Waals surface area contributed by atoms with E-state index in [2.05, 4.69) is 5.32 Å². The summed E-state index contributed by atoms with van der Waals surface area (Å²) >= 11 is 0. The third-order valence-electron chi connectivity index (χ3n) is 3.66. The van der Waals surface area contributed by atoms with E-state index in [0.29, 0.717) is 12.5 Å². The number of anilines is 1. The molecule has 2 rings (SSSR count). The largest absolute Gasteiger partial charge is 0.381 e. The second-order valence-electron chi connectivity index (χ2n) is 5.65. The Morgan fingerprint density at radius 3 is 2.76 bits per heavy atom. The second kappa shape index (κ2) is 7.84. The van der Waals surface area contributed by atoms with Gasteiger partial charge < -0.3 is 15.0 Å². The van der Waals surface area contributed by atoms with Crippen molar-refractivity contribution in [3.05, 3.63) is 35.9 Å². The van der Waals surface area contributed by atoms with E-state index in [-0.39, 0.29) is 5.91 Å². The van der Waals surface area contributed by atoms with E-state index in [1.165, 1.54) is 0 Å². The second-order valence-corrected chi connectivity index (χ2v) is 5.65. The van der Waals surface area contributed by atoms with Crippen LogP contribution in [-0.4, -0.2) is 39.8 Å². The first-order valence-electron chi connectivity index (χ1n) is 7.46. The highest BCUT2D eigenvalue weighted by molar-refractivity contribution is 5.91. The van der Waals surface area contributed by atoms with Crippen LogP contribution in [0.3, 0.4) is 0 Å². The number of hydrogen-bond acceptors (Lipinski definition) is 3. The minimum absolute atomic E-state index is 0.0442. The summed E-state index contributed by atoms with van der Waals surface area (Å²) in [6.45, 7) is 2.31. The molecule has 1 N–H and O–H groups in total. The molecule has 4 heteroatoms. The summed E-state index contributed by atoms with van der Waals surface area (Å²) in [6.07, 6.45) is 5.66. The molecule has 0 saturated carbocycles. The van der Waals surface area contributed by atoms with Crippen LogP contribution in [-0.2, 0) is 9.53 Å². The Bertz CT molecular complexity index is 474. The molecule has 114 valence electrons. The fourth-order valence-electron chi connectivity index (χ4n) is 2.33. The molecular weight excluding hydrogens is 264 g/mol. The van der Waals surface area contributed by atoms with Gasteiger partial charge in [0.25, 0.3) is 0 Å². The molecule has 1 aromatic rings. The van der Waals surface area contributed by atoms with Crippen molar-refractivity contribution in [3.63, 3.8) is 0 Å². The molecule has 1 saturated heterocycles. The zero-order valence-electron chi connectivity index (χ0n) is 12.8. The van der Waals surface area contributed by atoms with Crippen molar-refractivity contribution in [1.29, 1.82) is 0 Å². The Hall–Kier alpha value is -1.81. The summed E-state index contributed by atoms with van der Waals surface area (Å²) in [5.41, 5.74) is 2.17. The van der Waals surface area contributed by atoms with E-state index in [1.807, 2.05) is 49.3 Å². The topological polar surface area (TPSA) is 41.6 Å². The van der Waals surface area contributed by atoms with Gasteiger partial charge in [-0.25, -0.2) is 0 Å². The fraction of sp³-hybridized carbons (Fsp3) is 0.471. The number of amides is 1. The number of hydrogen-bond donors (Lipinski definition) is 1. The maximum atomic E-state index is 11.8. The zero-order valence-corrected chi connectivity index (χ0v) is 12.8. The smallest absolute Gasteiger partial charge is 0.244 e. The number of carbonyl (C=O) groups excluding carboxylic acids is 1. The summed E-state index contributed by atoms with van der Waals surface area (Å²) in [5.74, 6) is 0.410. The van der Waals surface area contributed by atoms with Crippen molar-refractivity contribution < 1.29 is 9.53 Å². The normalized spacial score (nSPS) is 18.7. The van der Waals surface area contributed by atoms with Crippen LogP contribution < -0.4 is 10.2 Å². The predicted molar refractivity (Wildman–Crippen MR) is 86.4 cm³/mol. The van der Waals surface area contributed by atoms with E-state index in [9.17, 15) is 4.79 Å². The third-order valence-corrected chi connectivity index (χ3v) is 3.66. The molecule has 0 aromatic heterocycles. The van der Waals surface area contributed by atoms with Gasteiger partial charge in [0.1, 0.15) is 0 Å². The minimum atomic E-state index is -0.0442. The quantitative estimate of drug-likeness (QED) is 0.845. The van der Waals surface area contributed by atoms with Gasteiger partial charge in [-0.15, -0.1) is 0 Å². The van der Waals surface area contributed by atoms with Crippen LogP contribution in [0.1, 0.15) is 18.4 Å². The lowest BCUT2D eigenvalue weighted by molar-refractivity contribution is -0.116. The van der Waals surface area contributed by atoms with Crippen molar-refractivity contribution in [3.8, 4) is 0 Å². The molecule has 1 atom stereocenters. The maximum absolute atomic E-state index is 11.8. The molecule has 1 unspecified atom stereocenters. The van der Waals surface area contributed by atoms with Gasteiger partial charge in [0.05, 0.1) is 6.61 Å². The Balaban J connectivity index is 1.78. The third kappa shape index (κ3) is 5.23. The molecule has 1 aromatic carbocycles. The van der Waals surface area contributed by atoms with E-state index in [0.717, 1.165) is 37.3 Å². The Morgan fingerprint density at radius 1 is 1.38 bits per heavy atom. The Labute approximate surface area is 126 Å². The van der Waals surface area contributed by atoms with Gasteiger partial charge in [-0.05, 0) is 42.5 Å². The first-order valence-corrected chi connectivity index (χ1v) is 7.46. The Morgan fingerprint density at radius 2 is 2.14 bits per heavy atom. The number of benzene rings is 1. The highest BCUT2D eigenvalue weighted by Gasteiger charge is 2.13. The molecule has 0 radical (unpaired) electrons.